The summed E-state index contributed by atoms with van der Waals surface area (Å²) in [6, 6.07) is 2.06. The Morgan fingerprint density at radius 2 is 2.12 bits per heavy atom. The van der Waals surface area contributed by atoms with E-state index in [-0.39, 0.29) is 17.4 Å². The number of allylic oxidation sites excluding steroid dienone is 2. The van der Waals surface area contributed by atoms with Crippen LogP contribution in [0.4, 0.5) is 4.79 Å². The number of carbonyl (C=O) groups is 1. The zero-order valence-corrected chi connectivity index (χ0v) is 16.0. The monoisotopic (exact) mass is 357 g/mol. The number of ether oxygens (including phenoxy) is 1. The molecule has 5 nitrogen and oxygen atoms in total. The number of hydrogen-bond donors (Lipinski definition) is 0. The largest absolute Gasteiger partial charge is 0.443 e. The highest BCUT2D eigenvalue weighted by Crippen LogP contribution is 2.36. The molecule has 0 saturated heterocycles. The number of thioether (sulfide) groups is 1. The molecule has 2 atom stereocenters. The van der Waals surface area contributed by atoms with Gasteiger partial charge in [0.1, 0.15) is 5.60 Å². The molecule has 1 aliphatic carbocycles. The van der Waals surface area contributed by atoms with Gasteiger partial charge in [0.15, 0.2) is 5.17 Å². The third kappa shape index (κ3) is 3.95. The lowest BCUT2D eigenvalue weighted by atomic mass is 9.95. The summed E-state index contributed by atoms with van der Waals surface area (Å²) in [6.45, 7) is 7.65. The van der Waals surface area contributed by atoms with E-state index in [1.807, 2.05) is 33.0 Å². The number of rotatable bonds is 1. The highest BCUT2D eigenvalue weighted by atomic mass is 32.2. The normalized spacial score (nSPS) is 22.1. The predicted octanol–water partition coefficient (Wildman–Crippen LogP) is 4.05. The quantitative estimate of drug-likeness (QED) is 0.761. The lowest BCUT2D eigenvalue weighted by molar-refractivity contribution is 0.0406. The first-order chi connectivity index (χ1) is 11.7. The molecule has 0 N–H and O–H groups in total. The number of aryl methyl sites for hydroxylation is 1. The number of fused-ring (bicyclic) bond motifs is 1. The molecule has 132 valence electrons. The summed E-state index contributed by atoms with van der Waals surface area (Å²) in [7, 11) is 1.71. The van der Waals surface area contributed by atoms with Crippen LogP contribution in [-0.4, -0.2) is 45.1 Å². The van der Waals surface area contributed by atoms with Crippen LogP contribution in [0.1, 0.15) is 31.9 Å². The van der Waals surface area contributed by atoms with Crippen molar-refractivity contribution in [1.29, 1.82) is 0 Å². The first-order valence-electron chi connectivity index (χ1n) is 8.27. The van der Waals surface area contributed by atoms with Crippen molar-refractivity contribution in [3.05, 3.63) is 47.8 Å². The van der Waals surface area contributed by atoms with Gasteiger partial charge in [0.25, 0.3) is 0 Å². The molecule has 6 heteroatoms. The van der Waals surface area contributed by atoms with Gasteiger partial charge in [-0.2, -0.15) is 0 Å². The number of carbonyl (C=O) groups excluding carboxylic acids is 1. The number of nitrogens with zero attached hydrogens (tertiary/aromatic N) is 3. The van der Waals surface area contributed by atoms with Crippen LogP contribution in [0.5, 0.6) is 0 Å². The lowest BCUT2D eigenvalue weighted by Crippen LogP contribution is -2.36. The molecule has 1 aromatic heterocycles. The molecule has 0 bridgehead atoms. The van der Waals surface area contributed by atoms with Crippen molar-refractivity contribution in [1.82, 2.24) is 9.88 Å². The summed E-state index contributed by atoms with van der Waals surface area (Å²) >= 11 is 1.59. The molecule has 1 amide bonds. The van der Waals surface area contributed by atoms with Crippen molar-refractivity contribution in [2.45, 2.75) is 44.6 Å². The summed E-state index contributed by atoms with van der Waals surface area (Å²) < 4.78 is 5.42. The van der Waals surface area contributed by atoms with Crippen LogP contribution >= 0.6 is 11.8 Å². The maximum atomic E-state index is 12.2. The van der Waals surface area contributed by atoms with Gasteiger partial charge in [0.05, 0.1) is 11.3 Å². The van der Waals surface area contributed by atoms with Crippen LogP contribution in [-0.2, 0) is 4.74 Å². The van der Waals surface area contributed by atoms with Crippen LogP contribution in [0, 0.1) is 6.92 Å². The molecule has 25 heavy (non-hydrogen) atoms. The second kappa shape index (κ2) is 6.67. The van der Waals surface area contributed by atoms with Gasteiger partial charge in [-0.15, -0.1) is 0 Å². The molecule has 0 spiro atoms. The van der Waals surface area contributed by atoms with E-state index in [2.05, 4.69) is 35.1 Å². The molecule has 2 heterocycles. The van der Waals surface area contributed by atoms with Gasteiger partial charge in [-0.25, -0.2) is 4.79 Å². The molecule has 1 aliphatic heterocycles. The van der Waals surface area contributed by atoms with E-state index < -0.39 is 5.60 Å². The van der Waals surface area contributed by atoms with E-state index in [0.717, 1.165) is 11.1 Å². The average Bonchev–Trinajstić information content (AvgIpc) is 2.96. The highest BCUT2D eigenvalue weighted by Gasteiger charge is 2.34. The van der Waals surface area contributed by atoms with Gasteiger partial charge < -0.3 is 4.74 Å². The molecule has 0 saturated carbocycles. The van der Waals surface area contributed by atoms with Crippen LogP contribution in [0.2, 0.25) is 0 Å². The first kappa shape index (κ1) is 17.7. The fraction of sp³-hybridized carbons (Fsp3) is 0.421. The smallest absolute Gasteiger partial charge is 0.416 e. The molecule has 0 fully saturated rings. The van der Waals surface area contributed by atoms with Gasteiger partial charge in [0.2, 0.25) is 0 Å². The molecular weight excluding hydrogens is 334 g/mol. The number of pyridine rings is 1. The summed E-state index contributed by atoms with van der Waals surface area (Å²) in [5.41, 5.74) is 2.95. The van der Waals surface area contributed by atoms with E-state index in [9.17, 15) is 4.79 Å². The summed E-state index contributed by atoms with van der Waals surface area (Å²) in [5.74, 6) is 0. The second-order valence-corrected chi connectivity index (χ2v) is 8.34. The zero-order valence-electron chi connectivity index (χ0n) is 15.2. The molecule has 1 aromatic rings. The fourth-order valence-corrected chi connectivity index (χ4v) is 3.83. The van der Waals surface area contributed by atoms with Crippen molar-refractivity contribution in [2.24, 2.45) is 4.99 Å². The predicted molar refractivity (Wildman–Crippen MR) is 103 cm³/mol. The molecule has 2 unspecified atom stereocenters. The van der Waals surface area contributed by atoms with Crippen LogP contribution < -0.4 is 0 Å². The highest BCUT2D eigenvalue weighted by molar-refractivity contribution is 8.14. The Balaban J connectivity index is 1.74. The topological polar surface area (TPSA) is 54.8 Å². The lowest BCUT2D eigenvalue weighted by Gasteiger charge is -2.24. The summed E-state index contributed by atoms with van der Waals surface area (Å²) in [6.07, 6.45) is 9.70. The van der Waals surface area contributed by atoms with Crippen LogP contribution in [0.3, 0.4) is 0 Å². The SMILES string of the molecule is Cc1ccncc1C1=CC2SC(N(C)C(=O)OC(C)(C)C)=NC2C=C1. The van der Waals surface area contributed by atoms with Gasteiger partial charge in [-0.1, -0.05) is 30.0 Å². The summed E-state index contributed by atoms with van der Waals surface area (Å²) in [5, 5.41) is 0.869. The van der Waals surface area contributed by atoms with Crippen molar-refractivity contribution < 1.29 is 9.53 Å². The number of aliphatic imine (C=N–C) groups is 1. The van der Waals surface area contributed by atoms with E-state index in [0.29, 0.717) is 5.17 Å². The van der Waals surface area contributed by atoms with Gasteiger partial charge in [-0.3, -0.25) is 14.9 Å². The minimum absolute atomic E-state index is 0.0469. The van der Waals surface area contributed by atoms with Crippen molar-refractivity contribution in [3.8, 4) is 0 Å². The number of hydrogen-bond acceptors (Lipinski definition) is 5. The van der Waals surface area contributed by atoms with E-state index in [1.54, 1.807) is 25.0 Å². The second-order valence-electron chi connectivity index (χ2n) is 7.20. The zero-order chi connectivity index (χ0) is 18.2. The molecule has 2 aliphatic rings. The van der Waals surface area contributed by atoms with Gasteiger partial charge in [-0.05, 0) is 44.9 Å². The summed E-state index contributed by atoms with van der Waals surface area (Å²) in [4.78, 5) is 22.6. The maximum absolute atomic E-state index is 12.2. The van der Waals surface area contributed by atoms with Crippen molar-refractivity contribution in [2.75, 3.05) is 7.05 Å². The Morgan fingerprint density at radius 1 is 1.36 bits per heavy atom. The van der Waals surface area contributed by atoms with Crippen molar-refractivity contribution in [3.63, 3.8) is 0 Å². The van der Waals surface area contributed by atoms with Crippen molar-refractivity contribution >= 4 is 28.6 Å². The van der Waals surface area contributed by atoms with Gasteiger partial charge >= 0.3 is 6.09 Å². The Morgan fingerprint density at radius 3 is 2.80 bits per heavy atom. The van der Waals surface area contributed by atoms with E-state index in [4.69, 9.17) is 4.74 Å². The minimum Gasteiger partial charge on any atom is -0.443 e. The third-order valence-electron chi connectivity index (χ3n) is 3.96. The Bertz CT molecular complexity index is 777. The van der Waals surface area contributed by atoms with Gasteiger partial charge in [0, 0.05) is 25.0 Å². The number of amidine groups is 1. The van der Waals surface area contributed by atoms with E-state index in [1.165, 1.54) is 10.5 Å². The first-order valence-corrected chi connectivity index (χ1v) is 9.15. The van der Waals surface area contributed by atoms with Crippen LogP contribution in [0.25, 0.3) is 5.57 Å². The Hall–Kier alpha value is -2.08. The maximum Gasteiger partial charge on any atom is 0.416 e. The Kier molecular flexibility index (Phi) is 4.73. The molecular formula is C19H23N3O2S. The third-order valence-corrected chi connectivity index (χ3v) is 5.24. The van der Waals surface area contributed by atoms with E-state index >= 15 is 0 Å². The molecule has 3 rings (SSSR count). The minimum atomic E-state index is -0.521. The molecule has 0 aromatic carbocycles. The average molecular weight is 357 g/mol. The number of amides is 1. The fourth-order valence-electron chi connectivity index (χ4n) is 2.66. The standard InChI is InChI=1S/C19H23N3O2S/c1-12-8-9-20-11-14(12)13-6-7-15-16(10-13)25-17(21-15)22(5)18(23)24-19(2,3)4/h6-11,15-16H,1-5H3. The Labute approximate surface area is 152 Å². The number of aromatic nitrogens is 1. The van der Waals surface area contributed by atoms with Crippen LogP contribution in [0.15, 0.2) is 41.7 Å². The molecule has 0 radical (unpaired) electrons.